The summed E-state index contributed by atoms with van der Waals surface area (Å²) in [6.07, 6.45) is 7.14. The number of aldehydes is 1. The highest BCUT2D eigenvalue weighted by Gasteiger charge is 2.38. The van der Waals surface area contributed by atoms with Crippen LogP contribution in [0.2, 0.25) is 0 Å². The first kappa shape index (κ1) is 39.5. The van der Waals surface area contributed by atoms with Crippen LogP contribution in [0.5, 0.6) is 0 Å². The number of benzene rings is 3. The zero-order valence-corrected chi connectivity index (χ0v) is 33.2. The SMILES string of the molecule is CC1(C)CCN(C(C)(C)C)C=C1C=O.CN(Cc1ccc(CN(C(=O)C2=CN(C(C)(C)C)CCC2(C)C)c2ccccc2)cc1)c1ccccc1. The lowest BCUT2D eigenvalue weighted by Crippen LogP contribution is -2.46. The van der Waals surface area contributed by atoms with Crippen molar-refractivity contribution in [2.45, 2.75) is 106 Å². The van der Waals surface area contributed by atoms with E-state index >= 15 is 0 Å². The van der Waals surface area contributed by atoms with Crippen molar-refractivity contribution in [1.82, 2.24) is 9.80 Å². The van der Waals surface area contributed by atoms with E-state index in [0.29, 0.717) is 6.54 Å². The average molecular weight is 691 g/mol. The number of carbonyl (C=O) groups is 2. The van der Waals surface area contributed by atoms with Crippen LogP contribution in [0.4, 0.5) is 11.4 Å². The van der Waals surface area contributed by atoms with Gasteiger partial charge in [0.2, 0.25) is 0 Å². The number of anilines is 2. The number of allylic oxidation sites excluding steroid dienone is 1. The number of rotatable bonds is 8. The highest BCUT2D eigenvalue weighted by atomic mass is 16.2. The highest BCUT2D eigenvalue weighted by Crippen LogP contribution is 2.39. The maximum atomic E-state index is 14.2. The predicted molar refractivity (Wildman–Crippen MR) is 215 cm³/mol. The van der Waals surface area contributed by atoms with E-state index in [1.807, 2.05) is 47.5 Å². The average Bonchev–Trinajstić information content (AvgIpc) is 3.07. The van der Waals surface area contributed by atoms with Gasteiger partial charge in [0.05, 0.1) is 6.54 Å². The van der Waals surface area contributed by atoms with Gasteiger partial charge in [-0.25, -0.2) is 0 Å². The smallest absolute Gasteiger partial charge is 0.256 e. The molecule has 0 fully saturated rings. The minimum absolute atomic E-state index is 0.0254. The Morgan fingerprint density at radius 3 is 1.61 bits per heavy atom. The molecule has 2 aliphatic heterocycles. The molecule has 6 heteroatoms. The van der Waals surface area contributed by atoms with Gasteiger partial charge in [-0.05, 0) is 101 Å². The van der Waals surface area contributed by atoms with Gasteiger partial charge in [-0.3, -0.25) is 9.59 Å². The quantitative estimate of drug-likeness (QED) is 0.220. The van der Waals surface area contributed by atoms with Gasteiger partial charge in [-0.2, -0.15) is 0 Å². The predicted octanol–water partition coefficient (Wildman–Crippen LogP) is 9.87. The number of hydrogen-bond acceptors (Lipinski definition) is 5. The van der Waals surface area contributed by atoms with Gasteiger partial charge < -0.3 is 19.6 Å². The Kier molecular flexibility index (Phi) is 12.3. The number of amides is 1. The van der Waals surface area contributed by atoms with E-state index in [9.17, 15) is 9.59 Å². The third-order valence-corrected chi connectivity index (χ3v) is 10.4. The Morgan fingerprint density at radius 1 is 0.667 bits per heavy atom. The van der Waals surface area contributed by atoms with Gasteiger partial charge in [0, 0.05) is 72.7 Å². The topological polar surface area (TPSA) is 47.1 Å². The maximum Gasteiger partial charge on any atom is 0.256 e. The third-order valence-electron chi connectivity index (χ3n) is 10.4. The van der Waals surface area contributed by atoms with Crippen LogP contribution in [-0.4, -0.2) is 53.2 Å². The van der Waals surface area contributed by atoms with E-state index in [1.54, 1.807) is 0 Å². The largest absolute Gasteiger partial charge is 0.372 e. The van der Waals surface area contributed by atoms with E-state index in [2.05, 4.69) is 146 Å². The zero-order chi connectivity index (χ0) is 37.6. The first-order chi connectivity index (χ1) is 23.8. The van der Waals surface area contributed by atoms with Crippen molar-refractivity contribution in [3.8, 4) is 0 Å². The van der Waals surface area contributed by atoms with Crippen molar-refractivity contribution < 1.29 is 9.59 Å². The molecule has 0 aromatic heterocycles. The van der Waals surface area contributed by atoms with Crippen molar-refractivity contribution in [1.29, 1.82) is 0 Å². The van der Waals surface area contributed by atoms with Crippen molar-refractivity contribution in [3.63, 3.8) is 0 Å². The molecule has 1 amide bonds. The lowest BCUT2D eigenvalue weighted by molar-refractivity contribution is -0.116. The normalized spacial score (nSPS) is 17.0. The van der Waals surface area contributed by atoms with Crippen LogP contribution in [0, 0.1) is 10.8 Å². The van der Waals surface area contributed by atoms with Crippen molar-refractivity contribution >= 4 is 23.6 Å². The minimum atomic E-state index is -0.183. The van der Waals surface area contributed by atoms with E-state index in [0.717, 1.165) is 61.2 Å². The number of nitrogens with zero attached hydrogens (tertiary/aromatic N) is 4. The number of para-hydroxylation sites is 2. The Bertz CT molecular complexity index is 1660. The number of carbonyl (C=O) groups excluding carboxylic acids is 2. The summed E-state index contributed by atoms with van der Waals surface area (Å²) < 4.78 is 0. The van der Waals surface area contributed by atoms with E-state index in [4.69, 9.17) is 0 Å². The first-order valence-corrected chi connectivity index (χ1v) is 18.5. The summed E-state index contributed by atoms with van der Waals surface area (Å²) in [7, 11) is 2.11. The molecule has 0 aliphatic carbocycles. The molecular weight excluding hydrogens is 629 g/mol. The summed E-state index contributed by atoms with van der Waals surface area (Å²) in [5, 5.41) is 0. The standard InChI is InChI=1S/C33H41N3O.C12H21NO/c1-32(2,3)35-22-21-33(4,5)30(25-35)31(37)36(29-15-11-8-12-16-29)24-27-19-17-26(18-20-27)23-34(6)28-13-9-7-10-14-28;1-11(2,3)13-7-6-12(4,5)10(8-13)9-14/h7-20,25H,21-24H2,1-6H3;8-9H,6-7H2,1-5H3. The summed E-state index contributed by atoms with van der Waals surface area (Å²) in [4.78, 5) is 33.9. The molecule has 0 atom stereocenters. The van der Waals surface area contributed by atoms with E-state index < -0.39 is 0 Å². The van der Waals surface area contributed by atoms with Gasteiger partial charge in [-0.1, -0.05) is 88.4 Å². The molecule has 0 saturated carbocycles. The molecule has 0 radical (unpaired) electrons. The summed E-state index contributed by atoms with van der Waals surface area (Å²) in [5.41, 5.74) is 6.21. The molecular formula is C45H62N4O2. The van der Waals surface area contributed by atoms with Crippen LogP contribution in [0.25, 0.3) is 0 Å². The second kappa shape index (κ2) is 15.9. The fourth-order valence-corrected chi connectivity index (χ4v) is 6.49. The minimum Gasteiger partial charge on any atom is -0.372 e. The fraction of sp³-hybridized carbons (Fsp3) is 0.467. The molecule has 274 valence electrons. The van der Waals surface area contributed by atoms with Crippen LogP contribution in [0.3, 0.4) is 0 Å². The van der Waals surface area contributed by atoms with Crippen molar-refractivity contribution in [3.05, 3.63) is 120 Å². The molecule has 3 aromatic carbocycles. The van der Waals surface area contributed by atoms with Gasteiger partial charge in [-0.15, -0.1) is 0 Å². The third kappa shape index (κ3) is 10.4. The molecule has 6 nitrogen and oxygen atoms in total. The van der Waals surface area contributed by atoms with Crippen LogP contribution < -0.4 is 9.80 Å². The Morgan fingerprint density at radius 2 is 1.12 bits per heavy atom. The van der Waals surface area contributed by atoms with E-state index in [-0.39, 0.29) is 27.8 Å². The van der Waals surface area contributed by atoms with Gasteiger partial charge in [0.25, 0.3) is 5.91 Å². The second-order valence-corrected chi connectivity index (χ2v) is 17.5. The number of hydrogen-bond donors (Lipinski definition) is 0. The lowest BCUT2D eigenvalue weighted by Gasteiger charge is -2.44. The lowest BCUT2D eigenvalue weighted by atomic mass is 9.77. The summed E-state index contributed by atoms with van der Waals surface area (Å²) >= 11 is 0. The Hall–Kier alpha value is -4.32. The zero-order valence-electron chi connectivity index (χ0n) is 33.2. The Balaban J connectivity index is 0.000000349. The molecule has 0 unspecified atom stereocenters. The summed E-state index contributed by atoms with van der Waals surface area (Å²) in [6.45, 7) is 25.1. The molecule has 0 bridgehead atoms. The molecule has 5 rings (SSSR count). The maximum absolute atomic E-state index is 14.2. The van der Waals surface area contributed by atoms with E-state index in [1.165, 1.54) is 11.3 Å². The fourth-order valence-electron chi connectivity index (χ4n) is 6.49. The molecule has 2 heterocycles. The monoisotopic (exact) mass is 690 g/mol. The summed E-state index contributed by atoms with van der Waals surface area (Å²) in [6, 6.07) is 29.1. The van der Waals surface area contributed by atoms with Crippen LogP contribution in [0.1, 0.15) is 93.2 Å². The molecule has 3 aromatic rings. The highest BCUT2D eigenvalue weighted by molar-refractivity contribution is 6.06. The van der Waals surface area contributed by atoms with Gasteiger partial charge >= 0.3 is 0 Å². The van der Waals surface area contributed by atoms with Crippen LogP contribution >= 0.6 is 0 Å². The van der Waals surface area contributed by atoms with Gasteiger partial charge in [0.15, 0.2) is 0 Å². The Labute approximate surface area is 308 Å². The van der Waals surface area contributed by atoms with Crippen LogP contribution in [0.15, 0.2) is 108 Å². The summed E-state index contributed by atoms with van der Waals surface area (Å²) in [5.74, 6) is 0.0815. The first-order valence-electron chi connectivity index (χ1n) is 18.5. The van der Waals surface area contributed by atoms with Crippen molar-refractivity contribution in [2.24, 2.45) is 10.8 Å². The molecule has 0 N–H and O–H groups in total. The molecule has 0 spiro atoms. The van der Waals surface area contributed by atoms with Gasteiger partial charge in [0.1, 0.15) is 6.29 Å². The second-order valence-electron chi connectivity index (χ2n) is 17.5. The van der Waals surface area contributed by atoms with Crippen molar-refractivity contribution in [2.75, 3.05) is 29.9 Å². The molecule has 2 aliphatic rings. The molecule has 51 heavy (non-hydrogen) atoms. The molecule has 0 saturated heterocycles. The van der Waals surface area contributed by atoms with Crippen LogP contribution in [-0.2, 0) is 22.7 Å².